The molecule has 0 unspecified atom stereocenters. The normalized spacial score (nSPS) is 16.0. The fraction of sp³-hybridized carbons (Fsp3) is 0.500. The van der Waals surface area contributed by atoms with Crippen LogP contribution in [-0.4, -0.2) is 41.9 Å². The lowest BCUT2D eigenvalue weighted by Crippen LogP contribution is -2.48. The molecule has 1 fully saturated rings. The Morgan fingerprint density at radius 3 is 2.46 bits per heavy atom. The highest BCUT2D eigenvalue weighted by Crippen LogP contribution is 2.19. The van der Waals surface area contributed by atoms with E-state index in [9.17, 15) is 0 Å². The van der Waals surface area contributed by atoms with Crippen LogP contribution in [0.25, 0.3) is 0 Å². The van der Waals surface area contributed by atoms with Crippen LogP contribution >= 0.6 is 0 Å². The predicted molar refractivity (Wildman–Crippen MR) is 108 cm³/mol. The summed E-state index contributed by atoms with van der Waals surface area (Å²) in [5, 5.41) is 11.5. The van der Waals surface area contributed by atoms with Crippen molar-refractivity contribution in [3.8, 4) is 0 Å². The summed E-state index contributed by atoms with van der Waals surface area (Å²) in [6.45, 7) is 7.04. The van der Waals surface area contributed by atoms with Crippen molar-refractivity contribution in [2.24, 2.45) is 12.0 Å². The number of para-hydroxylation sites is 1. The third-order valence-electron chi connectivity index (χ3n) is 5.27. The van der Waals surface area contributed by atoms with Crippen LogP contribution in [0.2, 0.25) is 0 Å². The SMILES string of the molecule is CN=C(NCc1c(C)nn(C)c1C)NC1CCN(c2ccccc2)CC1. The summed E-state index contributed by atoms with van der Waals surface area (Å²) in [4.78, 5) is 6.85. The highest BCUT2D eigenvalue weighted by Gasteiger charge is 2.20. The van der Waals surface area contributed by atoms with Crippen LogP contribution in [0.15, 0.2) is 35.3 Å². The minimum Gasteiger partial charge on any atom is -0.371 e. The maximum atomic E-state index is 4.48. The van der Waals surface area contributed by atoms with Crippen molar-refractivity contribution in [2.75, 3.05) is 25.0 Å². The van der Waals surface area contributed by atoms with Crippen molar-refractivity contribution in [1.82, 2.24) is 20.4 Å². The fourth-order valence-electron chi connectivity index (χ4n) is 3.55. The van der Waals surface area contributed by atoms with Crippen molar-refractivity contribution in [3.63, 3.8) is 0 Å². The van der Waals surface area contributed by atoms with E-state index in [4.69, 9.17) is 0 Å². The highest BCUT2D eigenvalue weighted by atomic mass is 15.3. The summed E-state index contributed by atoms with van der Waals surface area (Å²) in [6.07, 6.45) is 2.22. The molecule has 0 amide bonds. The molecule has 1 saturated heterocycles. The van der Waals surface area contributed by atoms with Gasteiger partial charge in [0.15, 0.2) is 5.96 Å². The average Bonchev–Trinajstić information content (AvgIpc) is 2.91. The molecular weight excluding hydrogens is 324 g/mol. The first-order valence-electron chi connectivity index (χ1n) is 9.34. The number of benzene rings is 1. The lowest BCUT2D eigenvalue weighted by atomic mass is 10.0. The molecule has 3 rings (SSSR count). The van der Waals surface area contributed by atoms with E-state index < -0.39 is 0 Å². The molecule has 0 bridgehead atoms. The van der Waals surface area contributed by atoms with Gasteiger partial charge in [-0.3, -0.25) is 9.67 Å². The van der Waals surface area contributed by atoms with Gasteiger partial charge in [-0.1, -0.05) is 18.2 Å². The number of hydrogen-bond acceptors (Lipinski definition) is 3. The number of anilines is 1. The molecule has 1 aromatic carbocycles. The zero-order valence-corrected chi connectivity index (χ0v) is 16.3. The predicted octanol–water partition coefficient (Wildman–Crippen LogP) is 2.37. The Labute approximate surface area is 156 Å². The van der Waals surface area contributed by atoms with Gasteiger partial charge in [0.2, 0.25) is 0 Å². The number of aliphatic imine (C=N–C) groups is 1. The summed E-state index contributed by atoms with van der Waals surface area (Å²) >= 11 is 0. The standard InChI is InChI=1S/C20H30N6/c1-15-19(16(2)25(4)24-15)14-22-20(21-3)23-17-10-12-26(13-11-17)18-8-6-5-7-9-18/h5-9,17H,10-14H2,1-4H3,(H2,21,22,23). The van der Waals surface area contributed by atoms with Gasteiger partial charge >= 0.3 is 0 Å². The van der Waals surface area contributed by atoms with Gasteiger partial charge in [-0.15, -0.1) is 0 Å². The summed E-state index contributed by atoms with van der Waals surface area (Å²) in [6, 6.07) is 11.1. The molecular formula is C20H30N6. The van der Waals surface area contributed by atoms with Crippen LogP contribution in [0.5, 0.6) is 0 Å². The molecule has 1 aliphatic heterocycles. The summed E-state index contributed by atoms with van der Waals surface area (Å²) in [5.74, 6) is 0.866. The Bertz CT molecular complexity index is 741. The summed E-state index contributed by atoms with van der Waals surface area (Å²) in [5.41, 5.74) is 4.83. The van der Waals surface area contributed by atoms with Crippen LogP contribution in [-0.2, 0) is 13.6 Å². The van der Waals surface area contributed by atoms with E-state index in [0.717, 1.165) is 44.1 Å². The van der Waals surface area contributed by atoms with Gasteiger partial charge in [-0.05, 0) is 38.8 Å². The van der Waals surface area contributed by atoms with Gasteiger partial charge in [-0.2, -0.15) is 5.10 Å². The third-order valence-corrected chi connectivity index (χ3v) is 5.27. The number of guanidine groups is 1. The van der Waals surface area contributed by atoms with Gasteiger partial charge in [0.1, 0.15) is 0 Å². The number of nitrogens with zero attached hydrogens (tertiary/aromatic N) is 4. The molecule has 0 atom stereocenters. The number of piperidine rings is 1. The minimum atomic E-state index is 0.456. The average molecular weight is 355 g/mol. The first kappa shape index (κ1) is 18.3. The van der Waals surface area contributed by atoms with Crippen molar-refractivity contribution in [1.29, 1.82) is 0 Å². The maximum Gasteiger partial charge on any atom is 0.191 e. The van der Waals surface area contributed by atoms with Crippen LogP contribution in [0.1, 0.15) is 29.8 Å². The fourth-order valence-corrected chi connectivity index (χ4v) is 3.55. The monoisotopic (exact) mass is 354 g/mol. The van der Waals surface area contributed by atoms with Crippen LogP contribution in [0, 0.1) is 13.8 Å². The van der Waals surface area contributed by atoms with Crippen molar-refractivity contribution < 1.29 is 0 Å². The van der Waals surface area contributed by atoms with Gasteiger partial charge in [-0.25, -0.2) is 0 Å². The molecule has 26 heavy (non-hydrogen) atoms. The molecule has 140 valence electrons. The number of hydrogen-bond donors (Lipinski definition) is 2. The molecule has 0 aliphatic carbocycles. The molecule has 6 nitrogen and oxygen atoms in total. The Kier molecular flexibility index (Phi) is 5.81. The van der Waals surface area contributed by atoms with Gasteiger partial charge in [0.05, 0.1) is 5.69 Å². The second-order valence-corrected chi connectivity index (χ2v) is 6.94. The molecule has 0 spiro atoms. The largest absolute Gasteiger partial charge is 0.371 e. The number of nitrogens with one attached hydrogen (secondary N) is 2. The molecule has 1 aliphatic rings. The van der Waals surface area contributed by atoms with Gasteiger partial charge in [0.25, 0.3) is 0 Å². The summed E-state index contributed by atoms with van der Waals surface area (Å²) < 4.78 is 1.93. The molecule has 2 N–H and O–H groups in total. The van der Waals surface area contributed by atoms with E-state index >= 15 is 0 Å². The Balaban J connectivity index is 1.50. The van der Waals surface area contributed by atoms with Crippen molar-refractivity contribution >= 4 is 11.6 Å². The molecule has 2 heterocycles. The smallest absolute Gasteiger partial charge is 0.191 e. The zero-order chi connectivity index (χ0) is 18.5. The second kappa shape index (κ2) is 8.25. The lowest BCUT2D eigenvalue weighted by Gasteiger charge is -2.34. The van der Waals surface area contributed by atoms with Crippen LogP contribution < -0.4 is 15.5 Å². The minimum absolute atomic E-state index is 0.456. The first-order valence-corrected chi connectivity index (χ1v) is 9.34. The Morgan fingerprint density at radius 2 is 1.88 bits per heavy atom. The lowest BCUT2D eigenvalue weighted by molar-refractivity contribution is 0.461. The van der Waals surface area contributed by atoms with Crippen LogP contribution in [0.3, 0.4) is 0 Å². The Hall–Kier alpha value is -2.50. The molecule has 2 aromatic rings. The van der Waals surface area contributed by atoms with E-state index in [1.807, 2.05) is 18.8 Å². The number of rotatable bonds is 4. The van der Waals surface area contributed by atoms with E-state index in [2.05, 4.69) is 69.8 Å². The van der Waals surface area contributed by atoms with Gasteiger partial charge in [0, 0.05) is 56.7 Å². The van der Waals surface area contributed by atoms with Crippen LogP contribution in [0.4, 0.5) is 5.69 Å². The second-order valence-electron chi connectivity index (χ2n) is 6.94. The molecule has 0 radical (unpaired) electrons. The van der Waals surface area contributed by atoms with Crippen molar-refractivity contribution in [2.45, 2.75) is 39.3 Å². The Morgan fingerprint density at radius 1 is 1.19 bits per heavy atom. The first-order chi connectivity index (χ1) is 12.6. The molecule has 6 heteroatoms. The summed E-state index contributed by atoms with van der Waals surface area (Å²) in [7, 11) is 3.82. The maximum absolute atomic E-state index is 4.48. The third kappa shape index (κ3) is 4.18. The highest BCUT2D eigenvalue weighted by molar-refractivity contribution is 5.80. The van der Waals surface area contributed by atoms with E-state index in [1.165, 1.54) is 16.9 Å². The molecule has 0 saturated carbocycles. The quantitative estimate of drug-likeness (QED) is 0.654. The zero-order valence-electron chi connectivity index (χ0n) is 16.3. The van der Waals surface area contributed by atoms with Gasteiger partial charge < -0.3 is 15.5 Å². The van der Waals surface area contributed by atoms with E-state index in [0.29, 0.717) is 6.04 Å². The van der Waals surface area contributed by atoms with E-state index in [1.54, 1.807) is 0 Å². The molecule has 1 aromatic heterocycles. The topological polar surface area (TPSA) is 57.5 Å². The number of aryl methyl sites for hydroxylation is 2. The van der Waals surface area contributed by atoms with E-state index in [-0.39, 0.29) is 0 Å². The van der Waals surface area contributed by atoms with Crippen molar-refractivity contribution in [3.05, 3.63) is 47.3 Å². The number of aromatic nitrogens is 2.